The Morgan fingerprint density at radius 1 is 1.19 bits per heavy atom. The third-order valence-electron chi connectivity index (χ3n) is 3.06. The van der Waals surface area contributed by atoms with Crippen LogP contribution in [0.2, 0.25) is 10.0 Å². The molecule has 21 heavy (non-hydrogen) atoms. The van der Waals surface area contributed by atoms with Crippen LogP contribution in [-0.2, 0) is 5.88 Å². The molecule has 7 heteroatoms. The molecule has 108 valence electrons. The van der Waals surface area contributed by atoms with Crippen molar-refractivity contribution in [3.05, 3.63) is 56.5 Å². The van der Waals surface area contributed by atoms with Crippen molar-refractivity contribution in [3.8, 4) is 5.69 Å². The summed E-state index contributed by atoms with van der Waals surface area (Å²) in [6.45, 7) is 0. The van der Waals surface area contributed by atoms with Gasteiger partial charge in [-0.15, -0.1) is 11.6 Å². The maximum atomic E-state index is 13.8. The second-order valence-electron chi connectivity index (χ2n) is 4.33. The number of halogens is 5. The fraction of sp³-hybridized carbons (Fsp3) is 0.0714. The standard InChI is InChI=1S/C14H7BrCl3FN2/c15-14-7(17)2-1-3-11(14)21-12-5-9(19)8(18)4-10(12)20-13(21)6-16/h1-5H,6H2. The largest absolute Gasteiger partial charge is 0.294 e. The Hall–Kier alpha value is -0.810. The van der Waals surface area contributed by atoms with Gasteiger partial charge in [-0.05, 0) is 34.1 Å². The van der Waals surface area contributed by atoms with Crippen molar-refractivity contribution in [2.24, 2.45) is 0 Å². The van der Waals surface area contributed by atoms with Gasteiger partial charge in [0, 0.05) is 6.07 Å². The molecule has 1 aromatic heterocycles. The number of rotatable bonds is 2. The van der Waals surface area contributed by atoms with Crippen molar-refractivity contribution in [1.29, 1.82) is 0 Å². The molecular formula is C14H7BrCl3FN2. The SMILES string of the molecule is Fc1cc2c(cc1Cl)nc(CCl)n2-c1cccc(Cl)c1Br. The molecule has 0 amide bonds. The second kappa shape index (κ2) is 5.76. The van der Waals surface area contributed by atoms with E-state index in [9.17, 15) is 4.39 Å². The van der Waals surface area contributed by atoms with E-state index in [0.29, 0.717) is 26.4 Å². The second-order valence-corrected chi connectivity index (χ2v) is 6.20. The molecule has 0 radical (unpaired) electrons. The fourth-order valence-electron chi connectivity index (χ4n) is 2.15. The summed E-state index contributed by atoms with van der Waals surface area (Å²) in [7, 11) is 0. The number of alkyl halides is 1. The van der Waals surface area contributed by atoms with Gasteiger partial charge in [0.1, 0.15) is 11.6 Å². The average molecular weight is 408 g/mol. The topological polar surface area (TPSA) is 17.8 Å². The number of fused-ring (bicyclic) bond motifs is 1. The van der Waals surface area contributed by atoms with Crippen LogP contribution in [0.15, 0.2) is 34.8 Å². The van der Waals surface area contributed by atoms with E-state index in [2.05, 4.69) is 20.9 Å². The minimum Gasteiger partial charge on any atom is -0.294 e. The number of hydrogen-bond acceptors (Lipinski definition) is 1. The normalized spacial score (nSPS) is 11.3. The molecule has 0 bridgehead atoms. The van der Waals surface area contributed by atoms with Gasteiger partial charge in [0.25, 0.3) is 0 Å². The summed E-state index contributed by atoms with van der Waals surface area (Å²) < 4.78 is 16.2. The molecule has 1 heterocycles. The summed E-state index contributed by atoms with van der Waals surface area (Å²) in [5, 5.41) is 0.572. The number of imidazole rings is 1. The van der Waals surface area contributed by atoms with Gasteiger partial charge < -0.3 is 0 Å². The van der Waals surface area contributed by atoms with Crippen LogP contribution in [0.1, 0.15) is 5.82 Å². The molecule has 0 saturated heterocycles. The highest BCUT2D eigenvalue weighted by Gasteiger charge is 2.17. The summed E-state index contributed by atoms with van der Waals surface area (Å²) >= 11 is 21.3. The summed E-state index contributed by atoms with van der Waals surface area (Å²) in [6.07, 6.45) is 0. The van der Waals surface area contributed by atoms with E-state index in [1.165, 1.54) is 12.1 Å². The van der Waals surface area contributed by atoms with Crippen LogP contribution < -0.4 is 0 Å². The van der Waals surface area contributed by atoms with Gasteiger partial charge in [-0.1, -0.05) is 29.3 Å². The first-order valence-electron chi connectivity index (χ1n) is 5.89. The minimum absolute atomic E-state index is 0.0263. The molecule has 0 saturated carbocycles. The van der Waals surface area contributed by atoms with Gasteiger partial charge in [-0.2, -0.15) is 0 Å². The molecule has 0 atom stereocenters. The molecule has 0 aliphatic carbocycles. The summed E-state index contributed by atoms with van der Waals surface area (Å²) in [4.78, 5) is 4.40. The third-order valence-corrected chi connectivity index (χ3v) is 4.96. The van der Waals surface area contributed by atoms with Crippen LogP contribution >= 0.6 is 50.7 Å². The Morgan fingerprint density at radius 2 is 1.95 bits per heavy atom. The van der Waals surface area contributed by atoms with Crippen molar-refractivity contribution in [1.82, 2.24) is 9.55 Å². The zero-order valence-corrected chi connectivity index (χ0v) is 14.2. The summed E-state index contributed by atoms with van der Waals surface area (Å²) in [5.74, 6) is 0.244. The molecule has 2 aromatic carbocycles. The van der Waals surface area contributed by atoms with Gasteiger partial charge in [0.2, 0.25) is 0 Å². The van der Waals surface area contributed by atoms with Crippen molar-refractivity contribution in [2.45, 2.75) is 5.88 Å². The fourth-order valence-corrected chi connectivity index (χ4v) is 3.09. The highest BCUT2D eigenvalue weighted by molar-refractivity contribution is 9.10. The van der Waals surface area contributed by atoms with Crippen LogP contribution in [0.5, 0.6) is 0 Å². The van der Waals surface area contributed by atoms with E-state index in [1.807, 2.05) is 6.07 Å². The first-order valence-corrected chi connectivity index (χ1v) is 7.98. The van der Waals surface area contributed by atoms with Crippen molar-refractivity contribution in [3.63, 3.8) is 0 Å². The van der Waals surface area contributed by atoms with Crippen molar-refractivity contribution >= 4 is 61.8 Å². The Balaban J connectivity index is 2.40. The van der Waals surface area contributed by atoms with E-state index in [1.54, 1.807) is 16.7 Å². The van der Waals surface area contributed by atoms with Gasteiger partial charge >= 0.3 is 0 Å². The van der Waals surface area contributed by atoms with Gasteiger partial charge in [-0.3, -0.25) is 4.57 Å². The lowest BCUT2D eigenvalue weighted by Gasteiger charge is -2.11. The van der Waals surface area contributed by atoms with E-state index >= 15 is 0 Å². The van der Waals surface area contributed by atoms with E-state index < -0.39 is 5.82 Å². The highest BCUT2D eigenvalue weighted by atomic mass is 79.9. The molecule has 0 aliphatic rings. The maximum Gasteiger partial charge on any atom is 0.144 e. The Morgan fingerprint density at radius 3 is 2.67 bits per heavy atom. The Bertz CT molecular complexity index is 848. The molecule has 3 aromatic rings. The Kier molecular flexibility index (Phi) is 4.14. The number of benzene rings is 2. The minimum atomic E-state index is -0.510. The summed E-state index contributed by atoms with van der Waals surface area (Å²) in [5.41, 5.74) is 1.89. The molecular weight excluding hydrogens is 401 g/mol. The molecule has 0 N–H and O–H groups in total. The number of nitrogens with zero attached hydrogens (tertiary/aromatic N) is 2. The molecule has 0 unspecified atom stereocenters. The Labute approximate surface area is 143 Å². The monoisotopic (exact) mass is 406 g/mol. The quantitative estimate of drug-likeness (QED) is 0.478. The highest BCUT2D eigenvalue weighted by Crippen LogP contribution is 2.33. The number of hydrogen-bond donors (Lipinski definition) is 0. The lowest BCUT2D eigenvalue weighted by Crippen LogP contribution is -2.00. The molecule has 0 fully saturated rings. The lowest BCUT2D eigenvalue weighted by atomic mass is 10.2. The predicted octanol–water partition coefficient (Wildman–Crippen LogP) is 5.97. The van der Waals surface area contributed by atoms with Gasteiger partial charge in [-0.25, -0.2) is 9.37 Å². The van der Waals surface area contributed by atoms with E-state index in [-0.39, 0.29) is 10.9 Å². The van der Waals surface area contributed by atoms with Crippen LogP contribution in [-0.4, -0.2) is 9.55 Å². The zero-order chi connectivity index (χ0) is 15.1. The van der Waals surface area contributed by atoms with Gasteiger partial charge in [0.15, 0.2) is 0 Å². The average Bonchev–Trinajstić information content (AvgIpc) is 2.80. The third kappa shape index (κ3) is 2.55. The molecule has 0 aliphatic heterocycles. The molecule has 0 spiro atoms. The smallest absolute Gasteiger partial charge is 0.144 e. The summed E-state index contributed by atoms with van der Waals surface area (Å²) in [6, 6.07) is 8.23. The van der Waals surface area contributed by atoms with Crippen LogP contribution in [0.4, 0.5) is 4.39 Å². The first kappa shape index (κ1) is 15.1. The predicted molar refractivity (Wildman–Crippen MR) is 88.3 cm³/mol. The van der Waals surface area contributed by atoms with Crippen LogP contribution in [0.25, 0.3) is 16.7 Å². The van der Waals surface area contributed by atoms with Crippen LogP contribution in [0, 0.1) is 5.82 Å². The van der Waals surface area contributed by atoms with Gasteiger partial charge in [0.05, 0.1) is 37.1 Å². The molecule has 3 rings (SSSR count). The maximum absolute atomic E-state index is 13.8. The van der Waals surface area contributed by atoms with E-state index in [0.717, 1.165) is 5.69 Å². The first-order chi connectivity index (χ1) is 10.0. The van der Waals surface area contributed by atoms with Crippen LogP contribution in [0.3, 0.4) is 0 Å². The number of aromatic nitrogens is 2. The van der Waals surface area contributed by atoms with Crippen molar-refractivity contribution < 1.29 is 4.39 Å². The van der Waals surface area contributed by atoms with E-state index in [4.69, 9.17) is 34.8 Å². The van der Waals surface area contributed by atoms with Crippen molar-refractivity contribution in [2.75, 3.05) is 0 Å². The zero-order valence-electron chi connectivity index (χ0n) is 10.4. The lowest BCUT2D eigenvalue weighted by molar-refractivity contribution is 0.629. The molecule has 2 nitrogen and oxygen atoms in total.